The van der Waals surface area contributed by atoms with Gasteiger partial charge in [-0.3, -0.25) is 10.1 Å². The topological polar surface area (TPSA) is 77.3 Å². The highest BCUT2D eigenvalue weighted by Crippen LogP contribution is 2.37. The Morgan fingerprint density at radius 2 is 2.16 bits per heavy atom. The van der Waals surface area contributed by atoms with Gasteiger partial charge in [-0.15, -0.1) is 0 Å². The molecule has 0 saturated carbocycles. The maximum atomic E-state index is 11.3. The summed E-state index contributed by atoms with van der Waals surface area (Å²) >= 11 is 1.97. The van der Waals surface area contributed by atoms with Crippen molar-refractivity contribution in [3.05, 3.63) is 40.1 Å². The number of benzene rings is 1. The molecule has 1 aromatic heterocycles. The molecule has 6 nitrogen and oxygen atoms in total. The minimum Gasteiger partial charge on any atom is -0.383 e. The van der Waals surface area contributed by atoms with Gasteiger partial charge in [0.15, 0.2) is 5.52 Å². The lowest BCUT2D eigenvalue weighted by Crippen LogP contribution is -2.39. The largest absolute Gasteiger partial charge is 0.383 e. The van der Waals surface area contributed by atoms with Gasteiger partial charge in [-0.1, -0.05) is 19.1 Å². The van der Waals surface area contributed by atoms with Crippen molar-refractivity contribution in [3.63, 3.8) is 0 Å². The summed E-state index contributed by atoms with van der Waals surface area (Å²) in [4.78, 5) is 15.3. The van der Waals surface area contributed by atoms with Gasteiger partial charge in [-0.25, -0.2) is 4.98 Å². The fraction of sp³-hybridized carbons (Fsp3) is 0.500. The smallest absolute Gasteiger partial charge is 0.295 e. The molecule has 1 aromatic carbocycles. The van der Waals surface area contributed by atoms with E-state index in [-0.39, 0.29) is 15.4 Å². The fourth-order valence-corrected chi connectivity index (χ4v) is 4.58. The number of nitrogens with zero attached hydrogens (tertiary/aromatic N) is 2. The number of hydrogen-bond acceptors (Lipinski definition) is 6. The Kier molecular flexibility index (Phi) is 5.44. The molecule has 2 aromatic rings. The van der Waals surface area contributed by atoms with Crippen LogP contribution in [0.4, 0.5) is 11.4 Å². The second-order valence-electron chi connectivity index (χ2n) is 6.32. The van der Waals surface area contributed by atoms with Crippen LogP contribution in [-0.4, -0.2) is 40.2 Å². The maximum absolute atomic E-state index is 11.3. The molecule has 0 amide bonds. The molecule has 0 bridgehead atoms. The van der Waals surface area contributed by atoms with E-state index >= 15 is 0 Å². The number of nitro groups is 1. The standard InChI is InChI=1S/C18H23N3O3S/c1-3-25-18(7-9-24-10-8-18)12-19-15-11-13(2)20-17-14(15)5-4-6-16(17)21(22)23/h4-6,11H,3,7-10,12H2,1-2H3,(H,19,20). The Morgan fingerprint density at radius 1 is 1.40 bits per heavy atom. The Bertz CT molecular complexity index is 770. The quantitative estimate of drug-likeness (QED) is 0.615. The minimum absolute atomic E-state index is 0.0490. The van der Waals surface area contributed by atoms with Crippen LogP contribution in [0.5, 0.6) is 0 Å². The lowest BCUT2D eigenvalue weighted by molar-refractivity contribution is -0.383. The number of nitrogens with one attached hydrogen (secondary N) is 1. The first-order valence-corrected chi connectivity index (χ1v) is 9.53. The van der Waals surface area contributed by atoms with Crippen molar-refractivity contribution in [2.75, 3.05) is 30.8 Å². The Hall–Kier alpha value is -1.86. The number of ether oxygens (including phenoxy) is 1. The first-order chi connectivity index (χ1) is 12.0. The highest BCUT2D eigenvalue weighted by atomic mass is 32.2. The molecule has 3 rings (SSSR count). The number of nitro benzene ring substituents is 1. The number of rotatable bonds is 6. The summed E-state index contributed by atoms with van der Waals surface area (Å²) in [5.74, 6) is 1.06. The number of aromatic nitrogens is 1. The van der Waals surface area contributed by atoms with Crippen molar-refractivity contribution in [3.8, 4) is 0 Å². The minimum atomic E-state index is -0.370. The molecule has 1 aliphatic heterocycles. The van der Waals surface area contributed by atoms with Crippen LogP contribution in [0, 0.1) is 17.0 Å². The van der Waals surface area contributed by atoms with Crippen molar-refractivity contribution < 1.29 is 9.66 Å². The molecular weight excluding hydrogens is 338 g/mol. The van der Waals surface area contributed by atoms with Crippen molar-refractivity contribution in [2.45, 2.75) is 31.4 Å². The molecule has 134 valence electrons. The van der Waals surface area contributed by atoms with E-state index in [4.69, 9.17) is 4.74 Å². The van der Waals surface area contributed by atoms with Crippen molar-refractivity contribution in [1.29, 1.82) is 0 Å². The number of thioether (sulfide) groups is 1. The number of aryl methyl sites for hydroxylation is 1. The van der Waals surface area contributed by atoms with E-state index in [0.717, 1.165) is 55.1 Å². The van der Waals surface area contributed by atoms with Crippen LogP contribution < -0.4 is 5.32 Å². The van der Waals surface area contributed by atoms with Gasteiger partial charge in [0.25, 0.3) is 5.69 Å². The van der Waals surface area contributed by atoms with E-state index in [9.17, 15) is 10.1 Å². The molecule has 1 saturated heterocycles. The second kappa shape index (κ2) is 7.58. The van der Waals surface area contributed by atoms with Crippen LogP contribution in [0.1, 0.15) is 25.5 Å². The third kappa shape index (κ3) is 3.88. The number of fused-ring (bicyclic) bond motifs is 1. The molecule has 0 aliphatic carbocycles. The van der Waals surface area contributed by atoms with Crippen molar-refractivity contribution in [2.24, 2.45) is 0 Å². The Balaban J connectivity index is 1.93. The molecule has 0 atom stereocenters. The molecule has 2 heterocycles. The average molecular weight is 361 g/mol. The first-order valence-electron chi connectivity index (χ1n) is 8.55. The van der Waals surface area contributed by atoms with Crippen LogP contribution in [0.3, 0.4) is 0 Å². The number of non-ortho nitro benzene ring substituents is 1. The molecule has 1 fully saturated rings. The number of hydrogen-bond donors (Lipinski definition) is 1. The monoisotopic (exact) mass is 361 g/mol. The van der Waals surface area contributed by atoms with Gasteiger partial charge < -0.3 is 10.1 Å². The number of anilines is 1. The van der Waals surface area contributed by atoms with E-state index in [0.29, 0.717) is 5.52 Å². The third-order valence-electron chi connectivity index (χ3n) is 4.60. The summed E-state index contributed by atoms with van der Waals surface area (Å²) in [6, 6.07) is 7.08. The molecular formula is C18H23N3O3S. The van der Waals surface area contributed by atoms with Crippen LogP contribution in [-0.2, 0) is 4.74 Å². The van der Waals surface area contributed by atoms with Crippen LogP contribution in [0.25, 0.3) is 10.9 Å². The normalized spacial score (nSPS) is 16.7. The van der Waals surface area contributed by atoms with Gasteiger partial charge in [0, 0.05) is 47.3 Å². The van der Waals surface area contributed by atoms with Crippen molar-refractivity contribution >= 4 is 34.0 Å². The Morgan fingerprint density at radius 3 is 2.84 bits per heavy atom. The summed E-state index contributed by atoms with van der Waals surface area (Å²) in [5, 5.41) is 15.7. The third-order valence-corrected chi connectivity index (χ3v) is 6.05. The molecule has 1 N–H and O–H groups in total. The molecule has 1 aliphatic rings. The molecule has 0 spiro atoms. The van der Waals surface area contributed by atoms with Crippen molar-refractivity contribution in [1.82, 2.24) is 4.98 Å². The van der Waals surface area contributed by atoms with E-state index in [2.05, 4.69) is 17.2 Å². The summed E-state index contributed by atoms with van der Waals surface area (Å²) in [6.45, 7) is 6.44. The van der Waals surface area contributed by atoms with Crippen LogP contribution >= 0.6 is 11.8 Å². The average Bonchev–Trinajstić information content (AvgIpc) is 2.60. The summed E-state index contributed by atoms with van der Waals surface area (Å²) in [5.41, 5.74) is 2.18. The molecule has 25 heavy (non-hydrogen) atoms. The zero-order valence-corrected chi connectivity index (χ0v) is 15.4. The molecule has 7 heteroatoms. The lowest BCUT2D eigenvalue weighted by atomic mass is 9.98. The number of para-hydroxylation sites is 1. The van der Waals surface area contributed by atoms with E-state index in [1.807, 2.05) is 30.8 Å². The highest BCUT2D eigenvalue weighted by molar-refractivity contribution is 8.00. The fourth-order valence-electron chi connectivity index (χ4n) is 3.33. The summed E-state index contributed by atoms with van der Waals surface area (Å²) < 4.78 is 5.68. The molecule has 0 radical (unpaired) electrons. The highest BCUT2D eigenvalue weighted by Gasteiger charge is 2.32. The summed E-state index contributed by atoms with van der Waals surface area (Å²) in [6.07, 6.45) is 2.03. The predicted molar refractivity (Wildman–Crippen MR) is 103 cm³/mol. The van der Waals surface area contributed by atoms with Gasteiger partial charge >= 0.3 is 0 Å². The van der Waals surface area contributed by atoms with Crippen LogP contribution in [0.2, 0.25) is 0 Å². The molecule has 0 unspecified atom stereocenters. The lowest BCUT2D eigenvalue weighted by Gasteiger charge is -2.37. The maximum Gasteiger partial charge on any atom is 0.295 e. The summed E-state index contributed by atoms with van der Waals surface area (Å²) in [7, 11) is 0. The van der Waals surface area contributed by atoms with Crippen LogP contribution in [0.15, 0.2) is 24.3 Å². The SMILES string of the molecule is CCSC1(CNc2cc(C)nc3c([N+](=O)[O-])cccc23)CCOCC1. The zero-order chi connectivity index (χ0) is 17.9. The van der Waals surface area contributed by atoms with Gasteiger partial charge in [0.05, 0.1) is 4.92 Å². The Labute approximate surface area is 151 Å². The number of pyridine rings is 1. The predicted octanol–water partition coefficient (Wildman–Crippen LogP) is 4.17. The second-order valence-corrected chi connectivity index (χ2v) is 8.06. The van der Waals surface area contributed by atoms with Gasteiger partial charge in [-0.2, -0.15) is 11.8 Å². The van der Waals surface area contributed by atoms with Gasteiger partial charge in [0.2, 0.25) is 0 Å². The van der Waals surface area contributed by atoms with Gasteiger partial charge in [-0.05, 0) is 31.6 Å². The first kappa shape index (κ1) is 17.9. The van der Waals surface area contributed by atoms with Gasteiger partial charge in [0.1, 0.15) is 0 Å². The van der Waals surface area contributed by atoms with E-state index in [1.165, 1.54) is 6.07 Å². The zero-order valence-electron chi connectivity index (χ0n) is 14.6. The van der Waals surface area contributed by atoms with E-state index < -0.39 is 0 Å². The van der Waals surface area contributed by atoms with E-state index in [1.54, 1.807) is 6.07 Å².